The van der Waals surface area contributed by atoms with Crippen LogP contribution in [0.5, 0.6) is 0 Å². The van der Waals surface area contributed by atoms with Crippen LogP contribution in [0.3, 0.4) is 0 Å². The van der Waals surface area contributed by atoms with Gasteiger partial charge in [-0.2, -0.15) is 0 Å². The van der Waals surface area contributed by atoms with E-state index in [-0.39, 0.29) is 5.41 Å². The molecule has 0 fully saturated rings. The van der Waals surface area contributed by atoms with Gasteiger partial charge in [0.2, 0.25) is 0 Å². The number of fused-ring (bicyclic) bond motifs is 1. The number of furan rings is 1. The van der Waals surface area contributed by atoms with Gasteiger partial charge >= 0.3 is 0 Å². The Labute approximate surface area is 88.7 Å². The Balaban J connectivity index is 2.70. The van der Waals surface area contributed by atoms with Crippen molar-refractivity contribution in [1.82, 2.24) is 0 Å². The number of hydrogen-bond acceptors (Lipinski definition) is 1. The van der Waals surface area contributed by atoms with E-state index < -0.39 is 0 Å². The van der Waals surface area contributed by atoms with E-state index in [4.69, 9.17) is 16.0 Å². The second-order valence-electron chi connectivity index (χ2n) is 4.54. The standard InChI is InChI=1S/C12H13ClO/c1-12(2,3)10-7-14-11-6-8(13)4-5-9(10)11/h4-7H,1-3H3. The molecule has 0 radical (unpaired) electrons. The Hall–Kier alpha value is -0.950. The smallest absolute Gasteiger partial charge is 0.135 e. The average molecular weight is 209 g/mol. The van der Waals surface area contributed by atoms with Gasteiger partial charge in [0.15, 0.2) is 0 Å². The number of rotatable bonds is 0. The van der Waals surface area contributed by atoms with Crippen molar-refractivity contribution in [2.24, 2.45) is 0 Å². The maximum atomic E-state index is 5.88. The Bertz CT molecular complexity index is 463. The molecule has 0 spiro atoms. The number of halogens is 1. The van der Waals surface area contributed by atoms with Gasteiger partial charge in [0.05, 0.1) is 6.26 Å². The first-order valence-corrected chi connectivity index (χ1v) is 5.03. The van der Waals surface area contributed by atoms with Crippen LogP contribution >= 0.6 is 11.6 Å². The van der Waals surface area contributed by atoms with Gasteiger partial charge in [-0.05, 0) is 23.6 Å². The molecule has 2 rings (SSSR count). The third kappa shape index (κ3) is 1.53. The van der Waals surface area contributed by atoms with Crippen LogP contribution in [0, 0.1) is 0 Å². The molecule has 0 saturated carbocycles. The molecule has 1 nitrogen and oxygen atoms in total. The van der Waals surface area contributed by atoms with Crippen molar-refractivity contribution in [1.29, 1.82) is 0 Å². The molecule has 0 aliphatic heterocycles. The fraction of sp³-hybridized carbons (Fsp3) is 0.333. The molecule has 0 amide bonds. The summed E-state index contributed by atoms with van der Waals surface area (Å²) in [5.41, 5.74) is 2.20. The maximum Gasteiger partial charge on any atom is 0.135 e. The number of hydrogen-bond donors (Lipinski definition) is 0. The molecule has 2 heteroatoms. The van der Waals surface area contributed by atoms with E-state index in [1.165, 1.54) is 5.56 Å². The molecule has 1 aromatic heterocycles. The van der Waals surface area contributed by atoms with Gasteiger partial charge in [0, 0.05) is 16.0 Å². The minimum Gasteiger partial charge on any atom is -0.464 e. The molecular weight excluding hydrogens is 196 g/mol. The molecule has 74 valence electrons. The van der Waals surface area contributed by atoms with Crippen molar-refractivity contribution in [3.05, 3.63) is 35.0 Å². The van der Waals surface area contributed by atoms with Crippen molar-refractivity contribution in [2.45, 2.75) is 26.2 Å². The van der Waals surface area contributed by atoms with E-state index in [0.717, 1.165) is 11.0 Å². The van der Waals surface area contributed by atoms with Crippen molar-refractivity contribution >= 4 is 22.6 Å². The van der Waals surface area contributed by atoms with Crippen LogP contribution in [0.25, 0.3) is 11.0 Å². The Morgan fingerprint density at radius 1 is 1.21 bits per heavy atom. The highest BCUT2D eigenvalue weighted by Crippen LogP contribution is 2.32. The van der Waals surface area contributed by atoms with Crippen molar-refractivity contribution in [2.75, 3.05) is 0 Å². The fourth-order valence-corrected chi connectivity index (χ4v) is 1.74. The molecular formula is C12H13ClO. The largest absolute Gasteiger partial charge is 0.464 e. The first kappa shape index (κ1) is 9.60. The van der Waals surface area contributed by atoms with E-state index in [1.807, 2.05) is 24.5 Å². The van der Waals surface area contributed by atoms with E-state index in [9.17, 15) is 0 Å². The topological polar surface area (TPSA) is 13.1 Å². The quantitative estimate of drug-likeness (QED) is 0.626. The molecule has 0 atom stereocenters. The molecule has 0 aliphatic rings. The number of benzene rings is 1. The van der Waals surface area contributed by atoms with Crippen LogP contribution in [0.4, 0.5) is 0 Å². The summed E-state index contributed by atoms with van der Waals surface area (Å²) in [7, 11) is 0. The van der Waals surface area contributed by atoms with Crippen molar-refractivity contribution < 1.29 is 4.42 Å². The SMILES string of the molecule is CC(C)(C)c1coc2cc(Cl)ccc12. The highest BCUT2D eigenvalue weighted by molar-refractivity contribution is 6.31. The normalized spacial score (nSPS) is 12.3. The summed E-state index contributed by atoms with van der Waals surface area (Å²) in [6, 6.07) is 5.77. The van der Waals surface area contributed by atoms with Gasteiger partial charge in [-0.25, -0.2) is 0 Å². The maximum absolute atomic E-state index is 5.88. The zero-order valence-electron chi connectivity index (χ0n) is 8.60. The minimum absolute atomic E-state index is 0.110. The molecule has 14 heavy (non-hydrogen) atoms. The van der Waals surface area contributed by atoms with Crippen LogP contribution in [0.1, 0.15) is 26.3 Å². The summed E-state index contributed by atoms with van der Waals surface area (Å²) in [5.74, 6) is 0. The lowest BCUT2D eigenvalue weighted by atomic mass is 9.87. The average Bonchev–Trinajstić information content (AvgIpc) is 2.45. The first-order valence-electron chi connectivity index (χ1n) is 4.66. The first-order chi connectivity index (χ1) is 6.48. The monoisotopic (exact) mass is 208 g/mol. The second-order valence-corrected chi connectivity index (χ2v) is 4.98. The minimum atomic E-state index is 0.110. The molecule has 1 heterocycles. The lowest BCUT2D eigenvalue weighted by molar-refractivity contribution is 0.557. The van der Waals surface area contributed by atoms with E-state index >= 15 is 0 Å². The highest BCUT2D eigenvalue weighted by Gasteiger charge is 2.19. The molecule has 0 aliphatic carbocycles. The summed E-state index contributed by atoms with van der Waals surface area (Å²) in [6.45, 7) is 6.52. The van der Waals surface area contributed by atoms with Gasteiger partial charge in [0.25, 0.3) is 0 Å². The van der Waals surface area contributed by atoms with Gasteiger partial charge in [-0.15, -0.1) is 0 Å². The molecule has 0 bridgehead atoms. The Morgan fingerprint density at radius 3 is 2.57 bits per heavy atom. The van der Waals surface area contributed by atoms with Crippen LogP contribution in [0.15, 0.2) is 28.9 Å². The molecule has 2 aromatic rings. The molecule has 1 aromatic carbocycles. The van der Waals surface area contributed by atoms with Crippen molar-refractivity contribution in [3.63, 3.8) is 0 Å². The second kappa shape index (κ2) is 3.03. The third-order valence-corrected chi connectivity index (χ3v) is 2.58. The summed E-state index contributed by atoms with van der Waals surface area (Å²) >= 11 is 5.88. The van der Waals surface area contributed by atoms with Crippen LogP contribution < -0.4 is 0 Å². The van der Waals surface area contributed by atoms with Gasteiger partial charge < -0.3 is 4.42 Å². The summed E-state index contributed by atoms with van der Waals surface area (Å²) < 4.78 is 5.47. The molecule has 0 N–H and O–H groups in total. The lowest BCUT2D eigenvalue weighted by Crippen LogP contribution is -2.09. The van der Waals surface area contributed by atoms with Gasteiger partial charge in [-0.3, -0.25) is 0 Å². The van der Waals surface area contributed by atoms with Crippen LogP contribution in [-0.4, -0.2) is 0 Å². The zero-order valence-corrected chi connectivity index (χ0v) is 9.35. The zero-order chi connectivity index (χ0) is 10.3. The van der Waals surface area contributed by atoms with Crippen molar-refractivity contribution in [3.8, 4) is 0 Å². The van der Waals surface area contributed by atoms with Crippen LogP contribution in [0.2, 0.25) is 5.02 Å². The summed E-state index contributed by atoms with van der Waals surface area (Å²) in [5, 5.41) is 1.87. The highest BCUT2D eigenvalue weighted by atomic mass is 35.5. The molecule has 0 unspecified atom stereocenters. The Kier molecular flexibility index (Phi) is 2.07. The van der Waals surface area contributed by atoms with Gasteiger partial charge in [-0.1, -0.05) is 32.4 Å². The summed E-state index contributed by atoms with van der Waals surface area (Å²) in [6.07, 6.45) is 1.82. The Morgan fingerprint density at radius 2 is 1.93 bits per heavy atom. The van der Waals surface area contributed by atoms with Gasteiger partial charge in [0.1, 0.15) is 5.58 Å². The predicted molar refractivity (Wildman–Crippen MR) is 59.9 cm³/mol. The summed E-state index contributed by atoms with van der Waals surface area (Å²) in [4.78, 5) is 0. The third-order valence-electron chi connectivity index (χ3n) is 2.35. The lowest BCUT2D eigenvalue weighted by Gasteiger charge is -2.16. The fourth-order valence-electron chi connectivity index (χ4n) is 1.58. The van der Waals surface area contributed by atoms with E-state index in [1.54, 1.807) is 0 Å². The van der Waals surface area contributed by atoms with E-state index in [2.05, 4.69) is 20.8 Å². The predicted octanol–water partition coefficient (Wildman–Crippen LogP) is 4.38. The van der Waals surface area contributed by atoms with E-state index in [0.29, 0.717) is 5.02 Å². The molecule has 0 saturated heterocycles. The van der Waals surface area contributed by atoms with Crippen LogP contribution in [-0.2, 0) is 5.41 Å².